The van der Waals surface area contributed by atoms with E-state index in [2.05, 4.69) is 12.4 Å². The van der Waals surface area contributed by atoms with Crippen molar-refractivity contribution in [3.8, 4) is 0 Å². The molecule has 3 unspecified atom stereocenters. The molecule has 2 fully saturated rings. The van der Waals surface area contributed by atoms with Crippen LogP contribution in [-0.4, -0.2) is 19.1 Å². The zero-order valence-corrected chi connectivity index (χ0v) is 7.97. The molecular weight excluding hydrogens is 148 g/mol. The third-order valence-corrected chi connectivity index (χ3v) is 4.07. The average Bonchev–Trinajstić information content (AvgIpc) is 2.62. The molecule has 1 spiro atoms. The number of rotatable bonds is 1. The van der Waals surface area contributed by atoms with E-state index in [-0.39, 0.29) is 0 Å². The molecule has 0 aromatic heterocycles. The smallest absolute Gasteiger partial charge is 0.0135 e. The highest BCUT2D eigenvalue weighted by molar-refractivity contribution is 5.05. The van der Waals surface area contributed by atoms with E-state index in [4.69, 9.17) is 5.73 Å². The molecule has 70 valence electrons. The molecule has 2 nitrogen and oxygen atoms in total. The Morgan fingerprint density at radius 2 is 1.92 bits per heavy atom. The van der Waals surface area contributed by atoms with Gasteiger partial charge in [0.05, 0.1) is 0 Å². The van der Waals surface area contributed by atoms with Crippen LogP contribution in [0.4, 0.5) is 0 Å². The van der Waals surface area contributed by atoms with Gasteiger partial charge in [-0.05, 0) is 32.7 Å². The van der Waals surface area contributed by atoms with Crippen molar-refractivity contribution in [1.29, 1.82) is 0 Å². The monoisotopic (exact) mass is 168 g/mol. The molecule has 2 aliphatic carbocycles. The summed E-state index contributed by atoms with van der Waals surface area (Å²) >= 11 is 0. The lowest BCUT2D eigenvalue weighted by atomic mass is 9.78. The average molecular weight is 168 g/mol. The SMILES string of the molecule is CNC1CCCC12CCCC2N. The molecular formula is C10H20N2. The maximum Gasteiger partial charge on any atom is 0.0135 e. The van der Waals surface area contributed by atoms with Crippen LogP contribution in [0.5, 0.6) is 0 Å². The molecule has 12 heavy (non-hydrogen) atoms. The molecule has 0 aromatic carbocycles. The summed E-state index contributed by atoms with van der Waals surface area (Å²) in [7, 11) is 2.09. The van der Waals surface area contributed by atoms with E-state index >= 15 is 0 Å². The molecule has 2 rings (SSSR count). The summed E-state index contributed by atoms with van der Waals surface area (Å²) in [5.74, 6) is 0. The quantitative estimate of drug-likeness (QED) is 0.618. The Bertz CT molecular complexity index is 165. The fourth-order valence-corrected chi connectivity index (χ4v) is 3.40. The highest BCUT2D eigenvalue weighted by Gasteiger charge is 2.48. The minimum absolute atomic E-state index is 0.470. The normalized spacial score (nSPS) is 47.5. The second-order valence-electron chi connectivity index (χ2n) is 4.47. The summed E-state index contributed by atoms with van der Waals surface area (Å²) in [5, 5.41) is 3.45. The van der Waals surface area contributed by atoms with E-state index in [0.717, 1.165) is 0 Å². The van der Waals surface area contributed by atoms with Gasteiger partial charge in [-0.15, -0.1) is 0 Å². The lowest BCUT2D eigenvalue weighted by Gasteiger charge is -2.35. The predicted octanol–water partition coefficient (Wildman–Crippen LogP) is 1.26. The summed E-state index contributed by atoms with van der Waals surface area (Å²) in [4.78, 5) is 0. The van der Waals surface area contributed by atoms with E-state index in [1.54, 1.807) is 0 Å². The second-order valence-corrected chi connectivity index (χ2v) is 4.47. The Hall–Kier alpha value is -0.0800. The van der Waals surface area contributed by atoms with Crippen LogP contribution in [0.1, 0.15) is 38.5 Å². The number of hydrogen-bond donors (Lipinski definition) is 2. The maximum atomic E-state index is 6.20. The van der Waals surface area contributed by atoms with Crippen molar-refractivity contribution in [2.75, 3.05) is 7.05 Å². The standard InChI is InChI=1S/C10H20N2/c1-12-9-5-3-7-10(9)6-2-4-8(10)11/h8-9,12H,2-7,11H2,1H3. The molecule has 0 aromatic rings. The Morgan fingerprint density at radius 1 is 1.25 bits per heavy atom. The van der Waals surface area contributed by atoms with Crippen molar-refractivity contribution in [2.24, 2.45) is 11.1 Å². The van der Waals surface area contributed by atoms with Gasteiger partial charge in [0, 0.05) is 17.5 Å². The Kier molecular flexibility index (Phi) is 2.13. The molecule has 2 saturated carbocycles. The summed E-state index contributed by atoms with van der Waals surface area (Å²) in [6, 6.07) is 1.17. The number of hydrogen-bond acceptors (Lipinski definition) is 2. The Balaban J connectivity index is 2.17. The highest BCUT2D eigenvalue weighted by atomic mass is 14.9. The van der Waals surface area contributed by atoms with Gasteiger partial charge in [-0.1, -0.05) is 12.8 Å². The van der Waals surface area contributed by atoms with Crippen LogP contribution in [-0.2, 0) is 0 Å². The van der Waals surface area contributed by atoms with Gasteiger partial charge in [0.25, 0.3) is 0 Å². The highest BCUT2D eigenvalue weighted by Crippen LogP contribution is 2.49. The first-order valence-corrected chi connectivity index (χ1v) is 5.22. The lowest BCUT2D eigenvalue weighted by molar-refractivity contribution is 0.211. The minimum atomic E-state index is 0.470. The van der Waals surface area contributed by atoms with E-state index in [1.165, 1.54) is 38.5 Å². The third-order valence-electron chi connectivity index (χ3n) is 4.07. The third kappa shape index (κ3) is 1.01. The predicted molar refractivity (Wildman–Crippen MR) is 51.0 cm³/mol. The van der Waals surface area contributed by atoms with Gasteiger partial charge in [0.15, 0.2) is 0 Å². The first kappa shape index (κ1) is 8.52. The first-order chi connectivity index (χ1) is 5.79. The molecule has 3 N–H and O–H groups in total. The van der Waals surface area contributed by atoms with E-state index in [9.17, 15) is 0 Å². The molecule has 3 atom stereocenters. The van der Waals surface area contributed by atoms with E-state index in [0.29, 0.717) is 17.5 Å². The largest absolute Gasteiger partial charge is 0.327 e. The summed E-state index contributed by atoms with van der Waals surface area (Å²) < 4.78 is 0. The number of nitrogens with two attached hydrogens (primary N) is 1. The van der Waals surface area contributed by atoms with Crippen molar-refractivity contribution in [2.45, 2.75) is 50.6 Å². The maximum absolute atomic E-state index is 6.20. The van der Waals surface area contributed by atoms with Crippen molar-refractivity contribution >= 4 is 0 Å². The van der Waals surface area contributed by atoms with Gasteiger partial charge in [0.2, 0.25) is 0 Å². The van der Waals surface area contributed by atoms with Gasteiger partial charge in [-0.25, -0.2) is 0 Å². The first-order valence-electron chi connectivity index (χ1n) is 5.22. The summed E-state index contributed by atoms with van der Waals surface area (Å²) in [6.45, 7) is 0. The molecule has 0 bridgehead atoms. The van der Waals surface area contributed by atoms with Crippen LogP contribution < -0.4 is 11.1 Å². The van der Waals surface area contributed by atoms with E-state index < -0.39 is 0 Å². The van der Waals surface area contributed by atoms with Gasteiger partial charge in [-0.2, -0.15) is 0 Å². The van der Waals surface area contributed by atoms with E-state index in [1.807, 2.05) is 0 Å². The van der Waals surface area contributed by atoms with Gasteiger partial charge in [-0.3, -0.25) is 0 Å². The minimum Gasteiger partial charge on any atom is -0.327 e. The topological polar surface area (TPSA) is 38.0 Å². The van der Waals surface area contributed by atoms with Crippen LogP contribution in [0, 0.1) is 5.41 Å². The van der Waals surface area contributed by atoms with Crippen molar-refractivity contribution < 1.29 is 0 Å². The molecule has 2 heteroatoms. The summed E-state index contributed by atoms with van der Waals surface area (Å²) in [6.07, 6.45) is 8.03. The lowest BCUT2D eigenvalue weighted by Crippen LogP contribution is -2.48. The van der Waals surface area contributed by atoms with Crippen LogP contribution in [0.25, 0.3) is 0 Å². The molecule has 0 aliphatic heterocycles. The molecule has 0 heterocycles. The zero-order chi connectivity index (χ0) is 8.60. The molecule has 0 saturated heterocycles. The van der Waals surface area contributed by atoms with Gasteiger partial charge < -0.3 is 11.1 Å². The number of nitrogens with one attached hydrogen (secondary N) is 1. The van der Waals surface area contributed by atoms with Crippen molar-refractivity contribution in [1.82, 2.24) is 5.32 Å². The van der Waals surface area contributed by atoms with Crippen LogP contribution >= 0.6 is 0 Å². The molecule has 0 radical (unpaired) electrons. The van der Waals surface area contributed by atoms with Crippen LogP contribution in [0.3, 0.4) is 0 Å². The Labute approximate surface area is 74.9 Å². The van der Waals surface area contributed by atoms with Crippen LogP contribution in [0.2, 0.25) is 0 Å². The van der Waals surface area contributed by atoms with Gasteiger partial charge in [0.1, 0.15) is 0 Å². The molecule has 2 aliphatic rings. The van der Waals surface area contributed by atoms with Crippen molar-refractivity contribution in [3.05, 3.63) is 0 Å². The Morgan fingerprint density at radius 3 is 2.42 bits per heavy atom. The molecule has 0 amide bonds. The zero-order valence-electron chi connectivity index (χ0n) is 7.97. The fourth-order valence-electron chi connectivity index (χ4n) is 3.40. The van der Waals surface area contributed by atoms with Crippen molar-refractivity contribution in [3.63, 3.8) is 0 Å². The fraction of sp³-hybridized carbons (Fsp3) is 1.00. The van der Waals surface area contributed by atoms with Gasteiger partial charge >= 0.3 is 0 Å². The van der Waals surface area contributed by atoms with Crippen LogP contribution in [0.15, 0.2) is 0 Å². The summed E-state index contributed by atoms with van der Waals surface area (Å²) in [5.41, 5.74) is 6.68. The second kappa shape index (κ2) is 3.00.